The van der Waals surface area contributed by atoms with E-state index in [4.69, 9.17) is 4.98 Å². The second-order valence-corrected chi connectivity index (χ2v) is 8.57. The molecular weight excluding hydrogens is 477 g/mol. The SMILES string of the molecule is O=c1c2ccccc2nc(SCc2nnnn2-c2ccc(C(F)(F)F)cc2)n1Cc1ccccc1. The van der Waals surface area contributed by atoms with E-state index in [0.717, 1.165) is 17.7 Å². The summed E-state index contributed by atoms with van der Waals surface area (Å²) in [5, 5.41) is 12.6. The summed E-state index contributed by atoms with van der Waals surface area (Å²) < 4.78 is 41.7. The van der Waals surface area contributed by atoms with Crippen molar-refractivity contribution in [2.75, 3.05) is 0 Å². The Morgan fingerprint density at radius 1 is 0.886 bits per heavy atom. The fraction of sp³-hybridized carbons (Fsp3) is 0.125. The second kappa shape index (κ2) is 9.34. The van der Waals surface area contributed by atoms with Gasteiger partial charge in [-0.2, -0.15) is 17.9 Å². The first-order valence-electron chi connectivity index (χ1n) is 10.5. The maximum absolute atomic E-state index is 13.3. The number of hydrogen-bond acceptors (Lipinski definition) is 6. The third-order valence-electron chi connectivity index (χ3n) is 5.31. The van der Waals surface area contributed by atoms with Gasteiger partial charge in [0, 0.05) is 0 Å². The van der Waals surface area contributed by atoms with Crippen LogP contribution in [-0.4, -0.2) is 29.8 Å². The minimum absolute atomic E-state index is 0.163. The van der Waals surface area contributed by atoms with Crippen LogP contribution < -0.4 is 5.56 Å². The third-order valence-corrected chi connectivity index (χ3v) is 6.29. The topological polar surface area (TPSA) is 78.5 Å². The highest BCUT2D eigenvalue weighted by molar-refractivity contribution is 7.98. The van der Waals surface area contributed by atoms with Crippen molar-refractivity contribution < 1.29 is 13.2 Å². The molecule has 0 bridgehead atoms. The Hall–Kier alpha value is -3.99. The molecule has 7 nitrogen and oxygen atoms in total. The van der Waals surface area contributed by atoms with Gasteiger partial charge in [-0.1, -0.05) is 54.2 Å². The molecule has 2 heterocycles. The second-order valence-electron chi connectivity index (χ2n) is 7.63. The zero-order valence-electron chi connectivity index (χ0n) is 18.1. The van der Waals surface area contributed by atoms with Crippen LogP contribution in [0.2, 0.25) is 0 Å². The summed E-state index contributed by atoms with van der Waals surface area (Å²) in [4.78, 5) is 18.0. The van der Waals surface area contributed by atoms with Gasteiger partial charge in [0.15, 0.2) is 11.0 Å². The van der Waals surface area contributed by atoms with Crippen molar-refractivity contribution in [1.82, 2.24) is 29.8 Å². The molecule has 0 N–H and O–H groups in total. The van der Waals surface area contributed by atoms with Crippen LogP contribution in [0.25, 0.3) is 16.6 Å². The minimum atomic E-state index is -4.43. The molecule has 3 aromatic carbocycles. The maximum Gasteiger partial charge on any atom is 0.416 e. The van der Waals surface area contributed by atoms with E-state index in [1.165, 1.54) is 28.6 Å². The van der Waals surface area contributed by atoms with Crippen molar-refractivity contribution in [2.24, 2.45) is 0 Å². The van der Waals surface area contributed by atoms with Gasteiger partial charge in [0.2, 0.25) is 0 Å². The van der Waals surface area contributed by atoms with Crippen molar-refractivity contribution in [1.29, 1.82) is 0 Å². The Kier molecular flexibility index (Phi) is 6.08. The molecule has 0 amide bonds. The molecule has 0 unspecified atom stereocenters. The molecule has 35 heavy (non-hydrogen) atoms. The third kappa shape index (κ3) is 4.80. The van der Waals surface area contributed by atoms with E-state index in [0.29, 0.717) is 34.1 Å². The molecule has 0 aliphatic heterocycles. The van der Waals surface area contributed by atoms with Gasteiger partial charge in [-0.25, -0.2) is 4.98 Å². The summed E-state index contributed by atoms with van der Waals surface area (Å²) in [5.74, 6) is 0.650. The van der Waals surface area contributed by atoms with Crippen molar-refractivity contribution in [3.05, 3.63) is 106 Å². The number of halogens is 3. The van der Waals surface area contributed by atoms with Gasteiger partial charge < -0.3 is 0 Å². The average molecular weight is 495 g/mol. The summed E-state index contributed by atoms with van der Waals surface area (Å²) in [6, 6.07) is 21.3. The fourth-order valence-corrected chi connectivity index (χ4v) is 4.48. The minimum Gasteiger partial charge on any atom is -0.283 e. The molecule has 0 aliphatic carbocycles. The molecule has 0 aliphatic rings. The number of rotatable bonds is 6. The normalized spacial score (nSPS) is 11.7. The number of nitrogens with zero attached hydrogens (tertiary/aromatic N) is 6. The van der Waals surface area contributed by atoms with Crippen LogP contribution in [-0.2, 0) is 18.5 Å². The van der Waals surface area contributed by atoms with Gasteiger partial charge in [0.05, 0.1) is 34.5 Å². The van der Waals surface area contributed by atoms with Crippen molar-refractivity contribution in [3.8, 4) is 5.69 Å². The molecular formula is C24H17F3N6OS. The maximum atomic E-state index is 13.3. The number of hydrogen-bond donors (Lipinski definition) is 0. The van der Waals surface area contributed by atoms with Gasteiger partial charge in [-0.3, -0.25) is 9.36 Å². The summed E-state index contributed by atoms with van der Waals surface area (Å²) in [7, 11) is 0. The lowest BCUT2D eigenvalue weighted by atomic mass is 10.2. The lowest BCUT2D eigenvalue weighted by Gasteiger charge is -2.13. The first-order valence-corrected chi connectivity index (χ1v) is 11.5. The molecule has 11 heteroatoms. The van der Waals surface area contributed by atoms with Crippen LogP contribution in [0.3, 0.4) is 0 Å². The Labute approximate surface area is 201 Å². The molecule has 0 saturated heterocycles. The largest absolute Gasteiger partial charge is 0.416 e. The van der Waals surface area contributed by atoms with Crippen LogP contribution >= 0.6 is 11.8 Å². The van der Waals surface area contributed by atoms with Crippen molar-refractivity contribution in [3.63, 3.8) is 0 Å². The zero-order chi connectivity index (χ0) is 24.4. The summed E-state index contributed by atoms with van der Waals surface area (Å²) in [5.41, 5.74) is 1.00. The molecule has 0 saturated carbocycles. The van der Waals surface area contributed by atoms with Crippen LogP contribution in [0.5, 0.6) is 0 Å². The molecule has 0 fully saturated rings. The van der Waals surface area contributed by atoms with E-state index in [-0.39, 0.29) is 11.3 Å². The highest BCUT2D eigenvalue weighted by atomic mass is 32.2. The molecule has 2 aromatic heterocycles. The fourth-order valence-electron chi connectivity index (χ4n) is 3.58. The summed E-state index contributed by atoms with van der Waals surface area (Å²) in [6.07, 6.45) is -4.43. The summed E-state index contributed by atoms with van der Waals surface area (Å²) in [6.45, 7) is 0.337. The van der Waals surface area contributed by atoms with Crippen LogP contribution in [0.15, 0.2) is 88.8 Å². The van der Waals surface area contributed by atoms with Crippen LogP contribution in [0.4, 0.5) is 13.2 Å². The van der Waals surface area contributed by atoms with E-state index in [2.05, 4.69) is 15.5 Å². The first-order chi connectivity index (χ1) is 16.9. The molecule has 0 spiro atoms. The van der Waals surface area contributed by atoms with E-state index in [1.807, 2.05) is 36.4 Å². The lowest BCUT2D eigenvalue weighted by molar-refractivity contribution is -0.137. The van der Waals surface area contributed by atoms with Gasteiger partial charge in [0.1, 0.15) is 0 Å². The number of alkyl halides is 3. The quantitative estimate of drug-likeness (QED) is 0.251. The Morgan fingerprint density at radius 3 is 2.34 bits per heavy atom. The predicted octanol–water partition coefficient (Wildman–Crippen LogP) is 4.73. The average Bonchev–Trinajstić information content (AvgIpc) is 3.34. The Balaban J connectivity index is 1.47. The molecule has 0 radical (unpaired) electrons. The molecule has 5 rings (SSSR count). The lowest BCUT2D eigenvalue weighted by Crippen LogP contribution is -2.24. The zero-order valence-corrected chi connectivity index (χ0v) is 18.9. The monoisotopic (exact) mass is 494 g/mol. The van der Waals surface area contributed by atoms with Gasteiger partial charge in [-0.05, 0) is 52.4 Å². The van der Waals surface area contributed by atoms with Gasteiger partial charge in [0.25, 0.3) is 5.56 Å². The molecule has 176 valence electrons. The number of benzene rings is 3. The van der Waals surface area contributed by atoms with E-state index in [1.54, 1.807) is 22.8 Å². The number of para-hydroxylation sites is 1. The standard InChI is InChI=1S/C24H17F3N6OS/c25-24(26,27)17-10-12-18(13-11-17)33-21(29-30-31-33)15-35-23-28-20-9-5-4-8-19(20)22(34)32(23)14-16-6-2-1-3-7-16/h1-13H,14-15H2. The Morgan fingerprint density at radius 2 is 1.60 bits per heavy atom. The van der Waals surface area contributed by atoms with E-state index >= 15 is 0 Å². The van der Waals surface area contributed by atoms with Crippen LogP contribution in [0, 0.1) is 0 Å². The van der Waals surface area contributed by atoms with E-state index in [9.17, 15) is 18.0 Å². The number of fused-ring (bicyclic) bond motifs is 1. The first kappa shape index (κ1) is 22.8. The highest BCUT2D eigenvalue weighted by Crippen LogP contribution is 2.30. The number of thioether (sulfide) groups is 1. The predicted molar refractivity (Wildman–Crippen MR) is 125 cm³/mol. The van der Waals surface area contributed by atoms with Crippen LogP contribution in [0.1, 0.15) is 17.0 Å². The van der Waals surface area contributed by atoms with Crippen molar-refractivity contribution >= 4 is 22.7 Å². The number of aromatic nitrogens is 6. The highest BCUT2D eigenvalue weighted by Gasteiger charge is 2.30. The van der Waals surface area contributed by atoms with Gasteiger partial charge in [-0.15, -0.1) is 5.10 Å². The van der Waals surface area contributed by atoms with Gasteiger partial charge >= 0.3 is 6.18 Å². The summed E-state index contributed by atoms with van der Waals surface area (Å²) >= 11 is 1.28. The smallest absolute Gasteiger partial charge is 0.283 e. The number of tetrazole rings is 1. The molecule has 5 aromatic rings. The molecule has 0 atom stereocenters. The van der Waals surface area contributed by atoms with E-state index < -0.39 is 11.7 Å². The van der Waals surface area contributed by atoms with Crippen molar-refractivity contribution in [2.45, 2.75) is 23.6 Å². The Bertz CT molecular complexity index is 1530.